The molecule has 2 rings (SSSR count). The van der Waals surface area contributed by atoms with Crippen molar-refractivity contribution in [1.82, 2.24) is 0 Å². The van der Waals surface area contributed by atoms with Crippen LogP contribution in [-0.2, 0) is 0 Å². The van der Waals surface area contributed by atoms with E-state index in [1.807, 2.05) is 25.1 Å². The number of Topliss-reactive ketones (excluding diaryl/α,β-unsaturated/α-hetero) is 1. The average molecular weight is 253 g/mol. The van der Waals surface area contributed by atoms with Gasteiger partial charge >= 0.3 is 0 Å². The van der Waals surface area contributed by atoms with Gasteiger partial charge in [-0.05, 0) is 37.5 Å². The topological polar surface area (TPSA) is 17.1 Å². The fourth-order valence-electron chi connectivity index (χ4n) is 1.79. The van der Waals surface area contributed by atoms with Gasteiger partial charge in [0, 0.05) is 16.0 Å². The molecule has 2 heteroatoms. The SMILES string of the molecule is Cc1cc(Br)ccc1C(=O)C1CCC1. The van der Waals surface area contributed by atoms with E-state index < -0.39 is 0 Å². The summed E-state index contributed by atoms with van der Waals surface area (Å²) in [5, 5.41) is 0. The van der Waals surface area contributed by atoms with Crippen LogP contribution < -0.4 is 0 Å². The highest BCUT2D eigenvalue weighted by Gasteiger charge is 2.26. The van der Waals surface area contributed by atoms with Crippen molar-refractivity contribution in [2.45, 2.75) is 26.2 Å². The van der Waals surface area contributed by atoms with Crippen LogP contribution in [0.2, 0.25) is 0 Å². The third-order valence-electron chi connectivity index (χ3n) is 2.93. The Morgan fingerprint density at radius 3 is 2.64 bits per heavy atom. The van der Waals surface area contributed by atoms with E-state index in [0.29, 0.717) is 11.7 Å². The highest BCUT2D eigenvalue weighted by atomic mass is 79.9. The summed E-state index contributed by atoms with van der Waals surface area (Å²) in [4.78, 5) is 11.9. The number of aryl methyl sites for hydroxylation is 1. The highest BCUT2D eigenvalue weighted by molar-refractivity contribution is 9.10. The Morgan fingerprint density at radius 2 is 2.14 bits per heavy atom. The first-order chi connectivity index (χ1) is 6.68. The van der Waals surface area contributed by atoms with Gasteiger partial charge in [-0.25, -0.2) is 0 Å². The maximum absolute atomic E-state index is 11.9. The van der Waals surface area contributed by atoms with Gasteiger partial charge in [0.25, 0.3) is 0 Å². The van der Waals surface area contributed by atoms with E-state index in [2.05, 4.69) is 15.9 Å². The molecule has 0 aromatic heterocycles. The van der Waals surface area contributed by atoms with Crippen LogP contribution in [0.15, 0.2) is 22.7 Å². The molecule has 0 aliphatic heterocycles. The second-order valence-corrected chi connectivity index (χ2v) is 4.87. The Bertz CT molecular complexity index is 367. The smallest absolute Gasteiger partial charge is 0.166 e. The second-order valence-electron chi connectivity index (χ2n) is 3.95. The van der Waals surface area contributed by atoms with Crippen molar-refractivity contribution in [3.8, 4) is 0 Å². The Balaban J connectivity index is 2.26. The lowest BCUT2D eigenvalue weighted by Gasteiger charge is -2.24. The van der Waals surface area contributed by atoms with Crippen molar-refractivity contribution >= 4 is 21.7 Å². The van der Waals surface area contributed by atoms with Crippen molar-refractivity contribution in [3.05, 3.63) is 33.8 Å². The van der Waals surface area contributed by atoms with Crippen molar-refractivity contribution in [3.63, 3.8) is 0 Å². The number of hydrogen-bond donors (Lipinski definition) is 0. The standard InChI is InChI=1S/C12H13BrO/c1-8-7-10(13)5-6-11(8)12(14)9-3-2-4-9/h5-7,9H,2-4H2,1H3. The number of ketones is 1. The first-order valence-corrected chi connectivity index (χ1v) is 5.78. The summed E-state index contributed by atoms with van der Waals surface area (Å²) in [7, 11) is 0. The first-order valence-electron chi connectivity index (χ1n) is 4.99. The zero-order valence-electron chi connectivity index (χ0n) is 8.22. The first kappa shape index (κ1) is 9.91. The van der Waals surface area contributed by atoms with Crippen LogP contribution in [0.3, 0.4) is 0 Å². The van der Waals surface area contributed by atoms with Crippen molar-refractivity contribution in [2.75, 3.05) is 0 Å². The molecule has 0 saturated heterocycles. The number of carbonyl (C=O) groups excluding carboxylic acids is 1. The molecule has 0 bridgehead atoms. The quantitative estimate of drug-likeness (QED) is 0.734. The lowest BCUT2D eigenvalue weighted by atomic mass is 9.79. The molecule has 1 aromatic rings. The number of rotatable bonds is 2. The van der Waals surface area contributed by atoms with Crippen LogP contribution in [0.25, 0.3) is 0 Å². The molecule has 0 atom stereocenters. The van der Waals surface area contributed by atoms with Crippen LogP contribution in [-0.4, -0.2) is 5.78 Å². The van der Waals surface area contributed by atoms with Crippen molar-refractivity contribution < 1.29 is 4.79 Å². The van der Waals surface area contributed by atoms with E-state index in [1.165, 1.54) is 6.42 Å². The lowest BCUT2D eigenvalue weighted by Crippen LogP contribution is -2.22. The number of carbonyl (C=O) groups is 1. The molecular weight excluding hydrogens is 240 g/mol. The van der Waals surface area contributed by atoms with E-state index in [-0.39, 0.29) is 0 Å². The monoisotopic (exact) mass is 252 g/mol. The van der Waals surface area contributed by atoms with Crippen LogP contribution in [0.5, 0.6) is 0 Å². The molecule has 1 nitrogen and oxygen atoms in total. The Labute approximate surface area is 92.6 Å². The van der Waals surface area contributed by atoms with Crippen LogP contribution in [0.1, 0.15) is 35.2 Å². The van der Waals surface area contributed by atoms with Crippen molar-refractivity contribution in [2.24, 2.45) is 5.92 Å². The zero-order valence-corrected chi connectivity index (χ0v) is 9.80. The molecular formula is C12H13BrO. The highest BCUT2D eigenvalue weighted by Crippen LogP contribution is 2.31. The Kier molecular flexibility index (Phi) is 2.73. The van der Waals surface area contributed by atoms with E-state index >= 15 is 0 Å². The predicted octanol–water partition coefficient (Wildman–Crippen LogP) is 3.74. The minimum absolute atomic E-state index is 0.301. The Morgan fingerprint density at radius 1 is 1.43 bits per heavy atom. The summed E-state index contributed by atoms with van der Waals surface area (Å²) >= 11 is 3.40. The molecule has 1 fully saturated rings. The van der Waals surface area contributed by atoms with Gasteiger partial charge in [-0.2, -0.15) is 0 Å². The van der Waals surface area contributed by atoms with Gasteiger partial charge in [-0.3, -0.25) is 4.79 Å². The molecule has 1 aromatic carbocycles. The Hall–Kier alpha value is -0.630. The molecule has 0 heterocycles. The van der Waals surface area contributed by atoms with Gasteiger partial charge < -0.3 is 0 Å². The summed E-state index contributed by atoms with van der Waals surface area (Å²) in [6, 6.07) is 5.88. The molecule has 0 spiro atoms. The minimum Gasteiger partial charge on any atom is -0.294 e. The van der Waals surface area contributed by atoms with Gasteiger partial charge in [-0.1, -0.05) is 28.4 Å². The lowest BCUT2D eigenvalue weighted by molar-refractivity contribution is 0.0854. The van der Waals surface area contributed by atoms with Gasteiger partial charge in [0.15, 0.2) is 5.78 Å². The summed E-state index contributed by atoms with van der Waals surface area (Å²) in [6.45, 7) is 2.00. The predicted molar refractivity (Wildman–Crippen MR) is 60.6 cm³/mol. The fourth-order valence-corrected chi connectivity index (χ4v) is 2.27. The van der Waals surface area contributed by atoms with E-state index in [0.717, 1.165) is 28.4 Å². The second kappa shape index (κ2) is 3.85. The molecule has 74 valence electrons. The van der Waals surface area contributed by atoms with E-state index in [1.54, 1.807) is 0 Å². The average Bonchev–Trinajstić information content (AvgIpc) is 2.00. The maximum Gasteiger partial charge on any atom is 0.166 e. The van der Waals surface area contributed by atoms with Crippen LogP contribution >= 0.6 is 15.9 Å². The van der Waals surface area contributed by atoms with E-state index in [4.69, 9.17) is 0 Å². The molecule has 0 N–H and O–H groups in total. The van der Waals surface area contributed by atoms with Gasteiger partial charge in [0.1, 0.15) is 0 Å². The largest absolute Gasteiger partial charge is 0.294 e. The molecule has 1 saturated carbocycles. The number of hydrogen-bond acceptors (Lipinski definition) is 1. The van der Waals surface area contributed by atoms with Gasteiger partial charge in [-0.15, -0.1) is 0 Å². The normalized spacial score (nSPS) is 16.4. The number of benzene rings is 1. The summed E-state index contributed by atoms with van der Waals surface area (Å²) in [5.41, 5.74) is 1.98. The zero-order chi connectivity index (χ0) is 10.1. The summed E-state index contributed by atoms with van der Waals surface area (Å²) in [5.74, 6) is 0.635. The summed E-state index contributed by atoms with van der Waals surface area (Å²) < 4.78 is 1.04. The molecule has 14 heavy (non-hydrogen) atoms. The molecule has 1 aliphatic carbocycles. The fraction of sp³-hybridized carbons (Fsp3) is 0.417. The third kappa shape index (κ3) is 1.76. The number of halogens is 1. The summed E-state index contributed by atoms with van der Waals surface area (Å²) in [6.07, 6.45) is 3.37. The van der Waals surface area contributed by atoms with E-state index in [9.17, 15) is 4.79 Å². The maximum atomic E-state index is 11.9. The molecule has 1 aliphatic rings. The molecule has 0 unspecified atom stereocenters. The van der Waals surface area contributed by atoms with Gasteiger partial charge in [0.05, 0.1) is 0 Å². The minimum atomic E-state index is 0.301. The van der Waals surface area contributed by atoms with Gasteiger partial charge in [0.2, 0.25) is 0 Å². The third-order valence-corrected chi connectivity index (χ3v) is 3.42. The van der Waals surface area contributed by atoms with Crippen LogP contribution in [0.4, 0.5) is 0 Å². The van der Waals surface area contributed by atoms with Crippen LogP contribution in [0, 0.1) is 12.8 Å². The molecule has 0 radical (unpaired) electrons. The molecule has 0 amide bonds. The van der Waals surface area contributed by atoms with Crippen molar-refractivity contribution in [1.29, 1.82) is 0 Å².